The number of quaternary nitrogens is 1. The molecule has 26 heavy (non-hydrogen) atoms. The summed E-state index contributed by atoms with van der Waals surface area (Å²) in [5.74, 6) is 1.63. The maximum Gasteiger partial charge on any atom is 0.260 e. The number of rotatable bonds is 5. The van der Waals surface area contributed by atoms with Gasteiger partial charge in [-0.25, -0.2) is 4.98 Å². The molecule has 2 N–H and O–H groups in total. The summed E-state index contributed by atoms with van der Waals surface area (Å²) in [6.07, 6.45) is 4.50. The van der Waals surface area contributed by atoms with E-state index in [1.54, 1.807) is 18.4 Å². The van der Waals surface area contributed by atoms with Gasteiger partial charge < -0.3 is 14.6 Å². The molecule has 0 fully saturated rings. The molecular formula is C20H24N3O2S+. The van der Waals surface area contributed by atoms with E-state index in [1.165, 1.54) is 33.7 Å². The number of aryl methyl sites for hydroxylation is 2. The molecule has 2 heterocycles. The Morgan fingerprint density at radius 2 is 2.12 bits per heavy atom. The molecule has 1 unspecified atom stereocenters. The van der Waals surface area contributed by atoms with Crippen molar-refractivity contribution in [1.29, 1.82) is 0 Å². The van der Waals surface area contributed by atoms with Gasteiger partial charge in [-0.1, -0.05) is 12.1 Å². The third kappa shape index (κ3) is 3.39. The maximum atomic E-state index is 12.6. The molecule has 0 saturated heterocycles. The number of fused-ring (bicyclic) bond motifs is 3. The summed E-state index contributed by atoms with van der Waals surface area (Å²) in [7, 11) is 3.79. The van der Waals surface area contributed by atoms with Crippen LogP contribution in [0.15, 0.2) is 29.1 Å². The van der Waals surface area contributed by atoms with Gasteiger partial charge in [0.05, 0.1) is 19.5 Å². The zero-order chi connectivity index (χ0) is 18.1. The number of benzene rings is 1. The number of nitrogens with zero attached hydrogens (tertiary/aromatic N) is 1. The van der Waals surface area contributed by atoms with E-state index in [1.807, 2.05) is 12.1 Å². The summed E-state index contributed by atoms with van der Waals surface area (Å²) in [5, 5.41) is 0.832. The average Bonchev–Trinajstić information content (AvgIpc) is 3.00. The Labute approximate surface area is 156 Å². The molecule has 6 heteroatoms. The van der Waals surface area contributed by atoms with Gasteiger partial charge in [-0.3, -0.25) is 4.79 Å². The van der Waals surface area contributed by atoms with Crippen LogP contribution in [0.3, 0.4) is 0 Å². The van der Waals surface area contributed by atoms with Crippen molar-refractivity contribution >= 4 is 21.6 Å². The first-order chi connectivity index (χ1) is 12.6. The van der Waals surface area contributed by atoms with E-state index in [0.717, 1.165) is 41.2 Å². The quantitative estimate of drug-likeness (QED) is 0.723. The molecule has 2 aromatic heterocycles. The lowest BCUT2D eigenvalue weighted by Crippen LogP contribution is -3.06. The summed E-state index contributed by atoms with van der Waals surface area (Å²) in [4.78, 5) is 24.0. The molecule has 0 aliphatic heterocycles. The third-order valence-corrected chi connectivity index (χ3v) is 6.17. The fourth-order valence-electron chi connectivity index (χ4n) is 3.77. The molecule has 1 atom stereocenters. The van der Waals surface area contributed by atoms with Crippen LogP contribution in [0.2, 0.25) is 0 Å². The zero-order valence-corrected chi connectivity index (χ0v) is 16.0. The van der Waals surface area contributed by atoms with Gasteiger partial charge in [-0.05, 0) is 43.4 Å². The van der Waals surface area contributed by atoms with Crippen LogP contribution in [0.5, 0.6) is 5.75 Å². The minimum Gasteiger partial charge on any atom is -0.497 e. The highest BCUT2D eigenvalue weighted by atomic mass is 32.1. The molecule has 0 amide bonds. The SMILES string of the molecule is COc1cccc(C[NH+](C)Cc2nc3sc4c(c3c(=O)[nH]2)CCCC4)c1. The fraction of sp³-hybridized carbons (Fsp3) is 0.400. The summed E-state index contributed by atoms with van der Waals surface area (Å²) in [6.45, 7) is 1.53. The van der Waals surface area contributed by atoms with Crippen LogP contribution in [0.25, 0.3) is 10.2 Å². The van der Waals surface area contributed by atoms with E-state index in [4.69, 9.17) is 9.72 Å². The fourth-order valence-corrected chi connectivity index (χ4v) is 5.05. The number of thiophene rings is 1. The van der Waals surface area contributed by atoms with Crippen molar-refractivity contribution in [2.75, 3.05) is 14.2 Å². The Bertz CT molecular complexity index is 992. The number of aromatic amines is 1. The lowest BCUT2D eigenvalue weighted by Gasteiger charge is -2.14. The molecule has 0 spiro atoms. The van der Waals surface area contributed by atoms with Crippen molar-refractivity contribution in [2.24, 2.45) is 0 Å². The number of H-pyrrole nitrogens is 1. The van der Waals surface area contributed by atoms with Crippen molar-refractivity contribution in [3.63, 3.8) is 0 Å². The van der Waals surface area contributed by atoms with Gasteiger partial charge in [0.15, 0.2) is 5.82 Å². The van der Waals surface area contributed by atoms with E-state index in [2.05, 4.69) is 24.2 Å². The molecule has 5 nitrogen and oxygen atoms in total. The van der Waals surface area contributed by atoms with Gasteiger partial charge in [-0.15, -0.1) is 11.3 Å². The maximum absolute atomic E-state index is 12.6. The van der Waals surface area contributed by atoms with Gasteiger partial charge in [0.25, 0.3) is 5.56 Å². The minimum atomic E-state index is 0.0265. The number of hydrogen-bond donors (Lipinski definition) is 2. The Kier molecular flexibility index (Phi) is 4.78. The van der Waals surface area contributed by atoms with Crippen LogP contribution < -0.4 is 15.2 Å². The predicted octanol–water partition coefficient (Wildman–Crippen LogP) is 2.09. The van der Waals surface area contributed by atoms with Gasteiger partial charge >= 0.3 is 0 Å². The smallest absolute Gasteiger partial charge is 0.260 e. The predicted molar refractivity (Wildman–Crippen MR) is 104 cm³/mol. The molecule has 4 rings (SSSR count). The van der Waals surface area contributed by atoms with Crippen molar-refractivity contribution in [3.8, 4) is 5.75 Å². The van der Waals surface area contributed by atoms with Crippen LogP contribution in [-0.4, -0.2) is 24.1 Å². The van der Waals surface area contributed by atoms with Crippen molar-refractivity contribution in [1.82, 2.24) is 9.97 Å². The first-order valence-corrected chi connectivity index (χ1v) is 9.93. The van der Waals surface area contributed by atoms with Gasteiger partial charge in [0.1, 0.15) is 23.7 Å². The second kappa shape index (κ2) is 7.21. The van der Waals surface area contributed by atoms with Crippen molar-refractivity contribution < 1.29 is 9.64 Å². The van der Waals surface area contributed by atoms with Gasteiger partial charge in [0, 0.05) is 10.4 Å². The van der Waals surface area contributed by atoms with Crippen molar-refractivity contribution in [2.45, 2.75) is 38.8 Å². The number of ether oxygens (including phenoxy) is 1. The summed E-state index contributed by atoms with van der Waals surface area (Å²) in [5.41, 5.74) is 2.48. The Hall–Kier alpha value is -2.18. The second-order valence-corrected chi connectivity index (χ2v) is 8.15. The van der Waals surface area contributed by atoms with Gasteiger partial charge in [0.2, 0.25) is 0 Å². The minimum absolute atomic E-state index is 0.0265. The number of aromatic nitrogens is 2. The lowest BCUT2D eigenvalue weighted by atomic mass is 9.97. The van der Waals surface area contributed by atoms with Crippen LogP contribution in [0.4, 0.5) is 0 Å². The van der Waals surface area contributed by atoms with Crippen LogP contribution in [-0.2, 0) is 25.9 Å². The Morgan fingerprint density at radius 3 is 2.96 bits per heavy atom. The molecule has 1 aliphatic rings. The lowest BCUT2D eigenvalue weighted by molar-refractivity contribution is -0.908. The monoisotopic (exact) mass is 370 g/mol. The van der Waals surface area contributed by atoms with Crippen molar-refractivity contribution in [3.05, 3.63) is 56.4 Å². The first-order valence-electron chi connectivity index (χ1n) is 9.11. The highest BCUT2D eigenvalue weighted by Crippen LogP contribution is 2.33. The van der Waals surface area contributed by atoms with Crippen LogP contribution in [0.1, 0.15) is 34.7 Å². The van der Waals surface area contributed by atoms with Gasteiger partial charge in [-0.2, -0.15) is 0 Å². The standard InChI is InChI=1S/C20H23N3O2S/c1-23(11-13-6-5-7-14(10-13)25-2)12-17-21-19(24)18-15-8-3-4-9-16(15)26-20(18)22-17/h5-7,10H,3-4,8-9,11-12H2,1-2H3,(H,21,22,24)/p+1. The molecule has 0 saturated carbocycles. The molecule has 1 aliphatic carbocycles. The Balaban J connectivity index is 1.56. The van der Waals surface area contributed by atoms with E-state index >= 15 is 0 Å². The number of methoxy groups -OCH3 is 1. The molecular weight excluding hydrogens is 346 g/mol. The summed E-state index contributed by atoms with van der Waals surface area (Å²) < 4.78 is 5.29. The third-order valence-electron chi connectivity index (χ3n) is 4.98. The second-order valence-electron chi connectivity index (χ2n) is 7.07. The zero-order valence-electron chi connectivity index (χ0n) is 15.2. The molecule has 1 aromatic carbocycles. The van der Waals surface area contributed by atoms with E-state index in [-0.39, 0.29) is 5.56 Å². The number of hydrogen-bond acceptors (Lipinski definition) is 4. The van der Waals surface area contributed by atoms with E-state index in [0.29, 0.717) is 6.54 Å². The van der Waals surface area contributed by atoms with Crippen LogP contribution in [0, 0.1) is 0 Å². The molecule has 3 aromatic rings. The van der Waals surface area contributed by atoms with E-state index < -0.39 is 0 Å². The molecule has 0 bridgehead atoms. The Morgan fingerprint density at radius 1 is 1.27 bits per heavy atom. The largest absolute Gasteiger partial charge is 0.497 e. The summed E-state index contributed by atoms with van der Waals surface area (Å²) >= 11 is 1.71. The molecule has 136 valence electrons. The summed E-state index contributed by atoms with van der Waals surface area (Å²) in [6, 6.07) is 8.10. The van der Waals surface area contributed by atoms with Crippen LogP contribution >= 0.6 is 11.3 Å². The van der Waals surface area contributed by atoms with E-state index in [9.17, 15) is 4.79 Å². The first kappa shape index (κ1) is 17.2. The number of nitrogens with one attached hydrogen (secondary N) is 2. The average molecular weight is 370 g/mol. The molecule has 0 radical (unpaired) electrons. The topological polar surface area (TPSA) is 59.4 Å². The highest BCUT2D eigenvalue weighted by molar-refractivity contribution is 7.18. The highest BCUT2D eigenvalue weighted by Gasteiger charge is 2.20. The normalized spacial score (nSPS) is 15.0.